The molecule has 0 bridgehead atoms. The van der Waals surface area contributed by atoms with E-state index in [0.717, 1.165) is 37.3 Å². The van der Waals surface area contributed by atoms with E-state index in [4.69, 9.17) is 0 Å². The normalized spacial score (nSPS) is 20.2. The fraction of sp³-hybridized carbons (Fsp3) is 0.500. The number of rotatable bonds is 4. The summed E-state index contributed by atoms with van der Waals surface area (Å²) in [6.07, 6.45) is 4.78. The smallest absolute Gasteiger partial charge is 0.156 e. The van der Waals surface area contributed by atoms with Crippen LogP contribution in [-0.2, 0) is 6.42 Å². The van der Waals surface area contributed by atoms with Crippen molar-refractivity contribution < 1.29 is 4.79 Å². The van der Waals surface area contributed by atoms with Crippen LogP contribution in [0.25, 0.3) is 5.65 Å². The second-order valence-electron chi connectivity index (χ2n) is 5.16. The van der Waals surface area contributed by atoms with Crippen LogP contribution < -0.4 is 0 Å². The van der Waals surface area contributed by atoms with Crippen molar-refractivity contribution in [3.05, 3.63) is 29.7 Å². The number of carbonyl (C=O) groups is 1. The zero-order chi connectivity index (χ0) is 13.2. The van der Waals surface area contributed by atoms with Gasteiger partial charge in [0.15, 0.2) is 11.5 Å². The van der Waals surface area contributed by atoms with Crippen molar-refractivity contribution in [2.45, 2.75) is 19.8 Å². The van der Waals surface area contributed by atoms with Crippen LogP contribution in [0.15, 0.2) is 18.3 Å². The topological polar surface area (TPSA) is 50.5 Å². The molecule has 1 aliphatic rings. The number of pyridine rings is 1. The summed E-state index contributed by atoms with van der Waals surface area (Å²) in [5.74, 6) is 1.54. The maximum atomic E-state index is 10.7. The third-order valence-electron chi connectivity index (χ3n) is 3.83. The van der Waals surface area contributed by atoms with Crippen LogP contribution in [-0.4, -0.2) is 45.4 Å². The van der Waals surface area contributed by atoms with Crippen molar-refractivity contribution in [1.29, 1.82) is 0 Å². The Morgan fingerprint density at radius 3 is 3.16 bits per heavy atom. The molecule has 0 saturated carbocycles. The maximum Gasteiger partial charge on any atom is 0.156 e. The summed E-state index contributed by atoms with van der Waals surface area (Å²) in [5.41, 5.74) is 1.40. The number of hydrogen-bond donors (Lipinski definition) is 0. The lowest BCUT2D eigenvalue weighted by atomic mass is 10.1. The van der Waals surface area contributed by atoms with Crippen LogP contribution in [0.1, 0.15) is 29.5 Å². The second-order valence-corrected chi connectivity index (χ2v) is 5.16. The minimum Gasteiger partial charge on any atom is -0.303 e. The molecular formula is C14H18N4O. The Bertz CT molecular complexity index is 592. The zero-order valence-electron chi connectivity index (χ0n) is 11.1. The number of aldehydes is 1. The molecular weight excluding hydrogens is 240 g/mol. The molecule has 2 aromatic heterocycles. The molecule has 0 aliphatic carbocycles. The molecule has 3 rings (SSSR count). The van der Waals surface area contributed by atoms with Gasteiger partial charge >= 0.3 is 0 Å². The van der Waals surface area contributed by atoms with Crippen LogP contribution >= 0.6 is 0 Å². The average molecular weight is 258 g/mol. The number of fused-ring (bicyclic) bond motifs is 1. The molecule has 1 aliphatic heterocycles. The Balaban J connectivity index is 1.76. The third kappa shape index (κ3) is 2.51. The first-order chi connectivity index (χ1) is 9.28. The number of hydrogen-bond acceptors (Lipinski definition) is 4. The molecule has 2 aromatic rings. The highest BCUT2D eigenvalue weighted by Crippen LogP contribution is 2.19. The molecule has 1 atom stereocenters. The predicted octanol–water partition coefficient (Wildman–Crippen LogP) is 1.43. The predicted molar refractivity (Wildman–Crippen MR) is 72.3 cm³/mol. The number of aromatic nitrogens is 3. The minimum absolute atomic E-state index is 0.643. The molecule has 3 heterocycles. The molecule has 1 unspecified atom stereocenters. The summed E-state index contributed by atoms with van der Waals surface area (Å²) in [5, 5.41) is 4.47. The quantitative estimate of drug-likeness (QED) is 0.778. The van der Waals surface area contributed by atoms with Crippen molar-refractivity contribution in [2.24, 2.45) is 5.92 Å². The lowest BCUT2D eigenvalue weighted by Gasteiger charge is -2.11. The van der Waals surface area contributed by atoms with Gasteiger partial charge in [-0.2, -0.15) is 5.10 Å². The lowest BCUT2D eigenvalue weighted by Crippen LogP contribution is -2.20. The molecule has 0 aromatic carbocycles. The summed E-state index contributed by atoms with van der Waals surface area (Å²) in [6, 6.07) is 3.53. The summed E-state index contributed by atoms with van der Waals surface area (Å²) < 4.78 is 1.74. The van der Waals surface area contributed by atoms with Crippen molar-refractivity contribution in [1.82, 2.24) is 19.5 Å². The highest BCUT2D eigenvalue weighted by Gasteiger charge is 2.22. The SMILES string of the molecule is CCN1CCC(Cc2nc3cc(C=O)ccn3n2)C1. The molecule has 0 amide bonds. The second kappa shape index (κ2) is 5.09. The van der Waals surface area contributed by atoms with Gasteiger partial charge in [-0.3, -0.25) is 4.79 Å². The minimum atomic E-state index is 0.643. The third-order valence-corrected chi connectivity index (χ3v) is 3.83. The Kier molecular flexibility index (Phi) is 3.29. The van der Waals surface area contributed by atoms with Gasteiger partial charge in [0.1, 0.15) is 6.29 Å². The molecule has 19 heavy (non-hydrogen) atoms. The van der Waals surface area contributed by atoms with Gasteiger partial charge in [-0.15, -0.1) is 0 Å². The average Bonchev–Trinajstić information content (AvgIpc) is 3.03. The molecule has 0 N–H and O–H groups in total. The molecule has 5 nitrogen and oxygen atoms in total. The van der Waals surface area contributed by atoms with E-state index in [-0.39, 0.29) is 0 Å². The van der Waals surface area contributed by atoms with E-state index in [0.29, 0.717) is 11.5 Å². The maximum absolute atomic E-state index is 10.7. The molecule has 100 valence electrons. The highest BCUT2D eigenvalue weighted by atomic mass is 16.1. The largest absolute Gasteiger partial charge is 0.303 e. The first kappa shape index (κ1) is 12.3. The monoisotopic (exact) mass is 258 g/mol. The van der Waals surface area contributed by atoms with E-state index in [1.54, 1.807) is 22.8 Å². The van der Waals surface area contributed by atoms with Crippen molar-refractivity contribution in [3.63, 3.8) is 0 Å². The van der Waals surface area contributed by atoms with Gasteiger partial charge in [-0.05, 0) is 37.6 Å². The molecule has 0 radical (unpaired) electrons. The van der Waals surface area contributed by atoms with Crippen LogP contribution in [0.4, 0.5) is 0 Å². The molecule has 1 fully saturated rings. The van der Waals surface area contributed by atoms with Gasteiger partial charge < -0.3 is 4.90 Å². The van der Waals surface area contributed by atoms with E-state index in [1.807, 2.05) is 0 Å². The van der Waals surface area contributed by atoms with E-state index < -0.39 is 0 Å². The van der Waals surface area contributed by atoms with Crippen LogP contribution in [0.5, 0.6) is 0 Å². The van der Waals surface area contributed by atoms with Gasteiger partial charge in [0, 0.05) is 24.7 Å². The van der Waals surface area contributed by atoms with E-state index in [2.05, 4.69) is 21.9 Å². The van der Waals surface area contributed by atoms with Gasteiger partial charge in [0.2, 0.25) is 0 Å². The fourth-order valence-electron chi connectivity index (χ4n) is 2.73. The van der Waals surface area contributed by atoms with Crippen molar-refractivity contribution in [3.8, 4) is 0 Å². The summed E-state index contributed by atoms with van der Waals surface area (Å²) in [4.78, 5) is 17.7. The summed E-state index contributed by atoms with van der Waals surface area (Å²) in [6.45, 7) is 5.65. The zero-order valence-corrected chi connectivity index (χ0v) is 11.1. The van der Waals surface area contributed by atoms with Crippen LogP contribution in [0, 0.1) is 5.92 Å². The fourth-order valence-corrected chi connectivity index (χ4v) is 2.73. The summed E-state index contributed by atoms with van der Waals surface area (Å²) in [7, 11) is 0. The Hall–Kier alpha value is -1.75. The van der Waals surface area contributed by atoms with Crippen LogP contribution in [0.3, 0.4) is 0 Å². The standard InChI is InChI=1S/C14H18N4O/c1-2-17-5-3-11(9-17)7-13-15-14-8-12(10-19)4-6-18(14)16-13/h4,6,8,10-11H,2-3,5,7,9H2,1H3. The molecule has 1 saturated heterocycles. The van der Waals surface area contributed by atoms with Gasteiger partial charge in [0.05, 0.1) is 0 Å². The van der Waals surface area contributed by atoms with E-state index in [1.165, 1.54) is 13.0 Å². The summed E-state index contributed by atoms with van der Waals surface area (Å²) >= 11 is 0. The number of nitrogens with zero attached hydrogens (tertiary/aromatic N) is 4. The molecule has 0 spiro atoms. The Morgan fingerprint density at radius 1 is 1.53 bits per heavy atom. The first-order valence-electron chi connectivity index (χ1n) is 6.81. The Morgan fingerprint density at radius 2 is 2.42 bits per heavy atom. The number of carbonyl (C=O) groups excluding carboxylic acids is 1. The highest BCUT2D eigenvalue weighted by molar-refractivity contribution is 5.76. The van der Waals surface area contributed by atoms with Crippen LogP contribution in [0.2, 0.25) is 0 Å². The van der Waals surface area contributed by atoms with E-state index in [9.17, 15) is 4.79 Å². The molecule has 5 heteroatoms. The number of likely N-dealkylation sites (tertiary alicyclic amines) is 1. The van der Waals surface area contributed by atoms with Gasteiger partial charge in [0.25, 0.3) is 0 Å². The first-order valence-corrected chi connectivity index (χ1v) is 6.81. The van der Waals surface area contributed by atoms with Gasteiger partial charge in [-0.1, -0.05) is 6.92 Å². The van der Waals surface area contributed by atoms with E-state index >= 15 is 0 Å². The van der Waals surface area contributed by atoms with Crippen molar-refractivity contribution in [2.75, 3.05) is 19.6 Å². The van der Waals surface area contributed by atoms with Crippen molar-refractivity contribution >= 4 is 11.9 Å². The Labute approximate surface area is 112 Å². The van der Waals surface area contributed by atoms with Gasteiger partial charge in [-0.25, -0.2) is 9.50 Å². The lowest BCUT2D eigenvalue weighted by molar-refractivity contribution is 0.112.